The number of hydrogen-bond donors (Lipinski definition) is 2. The van der Waals surface area contributed by atoms with Gasteiger partial charge in [0.05, 0.1) is 0 Å². The Kier molecular flexibility index (Phi) is 6.42. The average Bonchev–Trinajstić information content (AvgIpc) is 2.68. The van der Waals surface area contributed by atoms with Crippen LogP contribution in [0.1, 0.15) is 34.6 Å². The molecule has 0 spiro atoms. The Morgan fingerprint density at radius 1 is 1.13 bits per heavy atom. The Bertz CT molecular complexity index is 1070. The van der Waals surface area contributed by atoms with Crippen LogP contribution in [0.15, 0.2) is 33.9 Å². The average molecular weight is 431 g/mol. The summed E-state index contributed by atoms with van der Waals surface area (Å²) in [6, 6.07) is 7.09. The highest BCUT2D eigenvalue weighted by atomic mass is 16.6. The third-order valence-electron chi connectivity index (χ3n) is 4.93. The summed E-state index contributed by atoms with van der Waals surface area (Å²) in [5, 5.41) is 0. The van der Waals surface area contributed by atoms with E-state index >= 15 is 0 Å². The molecule has 0 bridgehead atoms. The number of nitrogens with two attached hydrogens (primary N) is 1. The van der Waals surface area contributed by atoms with E-state index in [1.807, 2.05) is 33.8 Å². The van der Waals surface area contributed by atoms with Gasteiger partial charge in [-0.25, -0.2) is 4.79 Å². The number of nitrogen functional groups attached to an aromatic ring is 1. The van der Waals surface area contributed by atoms with Gasteiger partial charge >= 0.3 is 5.69 Å². The summed E-state index contributed by atoms with van der Waals surface area (Å²) in [5.41, 5.74) is 4.91. The van der Waals surface area contributed by atoms with Crippen LogP contribution in [0.2, 0.25) is 0 Å². The maximum absolute atomic E-state index is 13.6. The Morgan fingerprint density at radius 2 is 1.74 bits per heavy atom. The first-order valence-corrected chi connectivity index (χ1v) is 10.5. The van der Waals surface area contributed by atoms with Gasteiger partial charge in [-0.3, -0.25) is 19.1 Å². The number of H-pyrrole nitrogens is 1. The first-order valence-electron chi connectivity index (χ1n) is 10.5. The number of aromatic nitrogens is 2. The fraction of sp³-hybridized carbons (Fsp3) is 0.500. The molecule has 2 aromatic rings. The number of rotatable bonds is 6. The number of benzene rings is 1. The summed E-state index contributed by atoms with van der Waals surface area (Å²) in [5.74, 6) is 0.649. The lowest BCUT2D eigenvalue weighted by atomic mass is 10.1. The second-order valence-electron chi connectivity index (χ2n) is 8.65. The standard InChI is InChI=1S/C22H30N4O5/c1-12(2)10-25(17-19(23)26(11-13(3)4)22(29)24-20(17)27)21(28)18-14(5)30-15-8-6-7-9-16(15)31-18/h6-9,12-14,18H,10-11,23H2,1-5H3,(H,24,27,29). The van der Waals surface area contributed by atoms with Gasteiger partial charge in [-0.05, 0) is 30.9 Å². The van der Waals surface area contributed by atoms with Crippen LogP contribution in [-0.2, 0) is 11.3 Å². The highest BCUT2D eigenvalue weighted by Gasteiger charge is 2.39. The fourth-order valence-electron chi connectivity index (χ4n) is 3.59. The molecule has 1 aliphatic heterocycles. The lowest BCUT2D eigenvalue weighted by Gasteiger charge is -2.35. The van der Waals surface area contributed by atoms with Crippen LogP contribution in [0.25, 0.3) is 0 Å². The maximum Gasteiger partial charge on any atom is 0.330 e. The van der Waals surface area contributed by atoms with Crippen molar-refractivity contribution in [3.63, 3.8) is 0 Å². The molecule has 2 unspecified atom stereocenters. The number of carbonyl (C=O) groups excluding carboxylic acids is 1. The van der Waals surface area contributed by atoms with E-state index in [1.54, 1.807) is 25.1 Å². The second kappa shape index (κ2) is 8.87. The molecule has 1 aromatic carbocycles. The Labute approximate surface area is 180 Å². The normalized spacial score (nSPS) is 17.8. The first kappa shape index (κ1) is 22.5. The quantitative estimate of drug-likeness (QED) is 0.723. The molecule has 2 heterocycles. The van der Waals surface area contributed by atoms with Gasteiger partial charge in [0, 0.05) is 13.1 Å². The number of aromatic amines is 1. The zero-order valence-electron chi connectivity index (χ0n) is 18.5. The lowest BCUT2D eigenvalue weighted by Crippen LogP contribution is -2.53. The van der Waals surface area contributed by atoms with E-state index in [-0.39, 0.29) is 29.9 Å². The number of carbonyl (C=O) groups is 1. The molecule has 0 saturated heterocycles. The van der Waals surface area contributed by atoms with Crippen LogP contribution in [0.5, 0.6) is 11.5 Å². The van der Waals surface area contributed by atoms with Crippen molar-refractivity contribution >= 4 is 17.4 Å². The number of para-hydroxylation sites is 2. The number of nitrogens with zero attached hydrogens (tertiary/aromatic N) is 2. The van der Waals surface area contributed by atoms with Crippen molar-refractivity contribution in [2.75, 3.05) is 17.2 Å². The molecule has 2 atom stereocenters. The molecule has 3 rings (SSSR count). The van der Waals surface area contributed by atoms with Crippen LogP contribution in [0.3, 0.4) is 0 Å². The largest absolute Gasteiger partial charge is 0.482 e. The summed E-state index contributed by atoms with van der Waals surface area (Å²) < 4.78 is 13.1. The van der Waals surface area contributed by atoms with Crippen LogP contribution < -0.4 is 31.4 Å². The molecule has 31 heavy (non-hydrogen) atoms. The van der Waals surface area contributed by atoms with Gasteiger partial charge in [0.25, 0.3) is 11.5 Å². The van der Waals surface area contributed by atoms with E-state index < -0.39 is 29.4 Å². The monoisotopic (exact) mass is 430 g/mol. The highest BCUT2D eigenvalue weighted by molar-refractivity contribution is 5.99. The first-order chi connectivity index (χ1) is 14.6. The van der Waals surface area contributed by atoms with Crippen LogP contribution in [0, 0.1) is 11.8 Å². The SMILES string of the molecule is CC(C)CN(C(=O)C1Oc2ccccc2OC1C)c1c(N)n(CC(C)C)c(=O)[nH]c1=O. The Morgan fingerprint density at radius 3 is 2.32 bits per heavy atom. The van der Waals surface area contributed by atoms with Gasteiger partial charge in [-0.15, -0.1) is 0 Å². The van der Waals surface area contributed by atoms with E-state index in [1.165, 1.54) is 9.47 Å². The number of amides is 1. The molecule has 1 amide bonds. The predicted molar refractivity (Wildman–Crippen MR) is 119 cm³/mol. The summed E-state index contributed by atoms with van der Waals surface area (Å²) in [6.45, 7) is 9.97. The Hall–Kier alpha value is -3.23. The predicted octanol–water partition coefficient (Wildman–Crippen LogP) is 1.99. The van der Waals surface area contributed by atoms with Crippen LogP contribution >= 0.6 is 0 Å². The third kappa shape index (κ3) is 4.60. The van der Waals surface area contributed by atoms with Crippen molar-refractivity contribution in [1.29, 1.82) is 0 Å². The van der Waals surface area contributed by atoms with Gasteiger partial charge in [0.1, 0.15) is 11.9 Å². The summed E-state index contributed by atoms with van der Waals surface area (Å²) >= 11 is 0. The zero-order valence-corrected chi connectivity index (χ0v) is 18.5. The number of ether oxygens (including phenoxy) is 2. The molecule has 0 radical (unpaired) electrons. The molecule has 0 fully saturated rings. The van der Waals surface area contributed by atoms with Gasteiger partial charge in [0.2, 0.25) is 6.10 Å². The molecule has 3 N–H and O–H groups in total. The van der Waals surface area contributed by atoms with Crippen molar-refractivity contribution in [3.8, 4) is 11.5 Å². The van der Waals surface area contributed by atoms with Gasteiger partial charge in [-0.1, -0.05) is 39.8 Å². The molecule has 0 aliphatic carbocycles. The molecule has 9 nitrogen and oxygen atoms in total. The summed E-state index contributed by atoms with van der Waals surface area (Å²) in [6.07, 6.45) is -1.56. The topological polar surface area (TPSA) is 120 Å². The van der Waals surface area contributed by atoms with Crippen LogP contribution in [0.4, 0.5) is 11.5 Å². The lowest BCUT2D eigenvalue weighted by molar-refractivity contribution is -0.130. The molecule has 9 heteroatoms. The molecule has 168 valence electrons. The fourth-order valence-corrected chi connectivity index (χ4v) is 3.59. The van der Waals surface area contributed by atoms with E-state index in [4.69, 9.17) is 15.2 Å². The molecule has 1 aromatic heterocycles. The van der Waals surface area contributed by atoms with Crippen molar-refractivity contribution in [2.24, 2.45) is 11.8 Å². The molecular weight excluding hydrogens is 400 g/mol. The minimum atomic E-state index is -0.974. The van der Waals surface area contributed by atoms with E-state index in [2.05, 4.69) is 4.98 Å². The van der Waals surface area contributed by atoms with Crippen molar-refractivity contribution in [2.45, 2.75) is 53.4 Å². The number of anilines is 2. The van der Waals surface area contributed by atoms with Crippen molar-refractivity contribution < 1.29 is 14.3 Å². The highest BCUT2D eigenvalue weighted by Crippen LogP contribution is 2.34. The van der Waals surface area contributed by atoms with Gasteiger partial charge < -0.3 is 20.1 Å². The minimum Gasteiger partial charge on any atom is -0.482 e. The number of fused-ring (bicyclic) bond motifs is 1. The maximum atomic E-state index is 13.6. The third-order valence-corrected chi connectivity index (χ3v) is 4.93. The van der Waals surface area contributed by atoms with Gasteiger partial charge in [-0.2, -0.15) is 0 Å². The van der Waals surface area contributed by atoms with Crippen LogP contribution in [-0.4, -0.2) is 34.2 Å². The second-order valence-corrected chi connectivity index (χ2v) is 8.65. The molecule has 0 saturated carbocycles. The minimum absolute atomic E-state index is 0.0281. The summed E-state index contributed by atoms with van der Waals surface area (Å²) in [7, 11) is 0. The molecule has 1 aliphatic rings. The van der Waals surface area contributed by atoms with Gasteiger partial charge in [0.15, 0.2) is 17.2 Å². The number of nitrogens with one attached hydrogen (secondary N) is 1. The smallest absolute Gasteiger partial charge is 0.330 e. The molecular formula is C22H30N4O5. The zero-order chi connectivity index (χ0) is 22.9. The number of hydrogen-bond acceptors (Lipinski definition) is 6. The van der Waals surface area contributed by atoms with E-state index in [9.17, 15) is 14.4 Å². The van der Waals surface area contributed by atoms with Crippen molar-refractivity contribution in [3.05, 3.63) is 45.1 Å². The van der Waals surface area contributed by atoms with E-state index in [0.717, 1.165) is 0 Å². The van der Waals surface area contributed by atoms with Crippen molar-refractivity contribution in [1.82, 2.24) is 9.55 Å². The summed E-state index contributed by atoms with van der Waals surface area (Å²) in [4.78, 5) is 42.3. The Balaban J connectivity index is 2.06. The van der Waals surface area contributed by atoms with E-state index in [0.29, 0.717) is 18.0 Å².